The lowest BCUT2D eigenvalue weighted by Crippen LogP contribution is -2.55. The van der Waals surface area contributed by atoms with Crippen LogP contribution >= 0.6 is 0 Å². The van der Waals surface area contributed by atoms with E-state index in [0.29, 0.717) is 0 Å². The van der Waals surface area contributed by atoms with E-state index in [2.05, 4.69) is 179 Å². The van der Waals surface area contributed by atoms with Crippen molar-refractivity contribution in [3.8, 4) is 27.9 Å². The predicted octanol–water partition coefficient (Wildman–Crippen LogP) is 13.6. The van der Waals surface area contributed by atoms with Crippen LogP contribution in [0, 0.1) is 23.7 Å². The van der Waals surface area contributed by atoms with E-state index >= 15 is 0 Å². The molecule has 0 saturated heterocycles. The normalized spacial score (nSPS) is 23.3. The second-order valence-corrected chi connectivity index (χ2v) is 16.6. The Hall–Kier alpha value is -5.86. The molecule has 1 spiro atoms. The van der Waals surface area contributed by atoms with Gasteiger partial charge in [0, 0.05) is 38.8 Å². The van der Waals surface area contributed by atoms with Crippen LogP contribution in [0.4, 0.5) is 17.1 Å². The van der Waals surface area contributed by atoms with Crippen molar-refractivity contribution in [3.05, 3.63) is 181 Å². The van der Waals surface area contributed by atoms with Gasteiger partial charge < -0.3 is 9.47 Å². The number of nitrogens with zero attached hydrogens (tertiary/aromatic N) is 2. The number of benzene rings is 7. The maximum absolute atomic E-state index is 2.57. The number of para-hydroxylation sites is 2. The summed E-state index contributed by atoms with van der Waals surface area (Å²) in [6.45, 7) is 0. The summed E-state index contributed by atoms with van der Waals surface area (Å²) in [6, 6.07) is 63.7. The summed E-state index contributed by atoms with van der Waals surface area (Å²) in [4.78, 5) is 2.57. The summed E-state index contributed by atoms with van der Waals surface area (Å²) in [5, 5.41) is 2.55. The molecule has 0 atom stereocenters. The Bertz CT molecular complexity index is 2710. The van der Waals surface area contributed by atoms with Crippen LogP contribution in [0.5, 0.6) is 0 Å². The van der Waals surface area contributed by atoms with E-state index in [9.17, 15) is 0 Å². The molecule has 0 aliphatic heterocycles. The first-order chi connectivity index (χ1) is 26.8. The maximum Gasteiger partial charge on any atom is 0.0561 e. The Morgan fingerprint density at radius 2 is 1.09 bits per heavy atom. The number of hydrogen-bond acceptors (Lipinski definition) is 1. The molecule has 7 aromatic carbocycles. The molecule has 0 N–H and O–H groups in total. The Morgan fingerprint density at radius 1 is 0.463 bits per heavy atom. The topological polar surface area (TPSA) is 8.17 Å². The number of rotatable bonds is 5. The quantitative estimate of drug-likeness (QED) is 0.174. The van der Waals surface area contributed by atoms with Crippen LogP contribution in [-0.2, 0) is 5.41 Å². The molecule has 1 heterocycles. The Labute approximate surface area is 317 Å². The minimum absolute atomic E-state index is 0.108. The van der Waals surface area contributed by atoms with Crippen molar-refractivity contribution in [2.75, 3.05) is 4.90 Å². The van der Waals surface area contributed by atoms with Gasteiger partial charge in [-0.2, -0.15) is 0 Å². The molecule has 1 aromatic heterocycles. The summed E-state index contributed by atoms with van der Waals surface area (Å²) in [5.41, 5.74) is 15.9. The molecule has 54 heavy (non-hydrogen) atoms. The van der Waals surface area contributed by atoms with Gasteiger partial charge in [0.15, 0.2) is 0 Å². The summed E-state index contributed by atoms with van der Waals surface area (Å²) in [6.07, 6.45) is 7.00. The van der Waals surface area contributed by atoms with Gasteiger partial charge in [-0.15, -0.1) is 0 Å². The zero-order valence-electron chi connectivity index (χ0n) is 30.4. The zero-order valence-corrected chi connectivity index (χ0v) is 30.4. The highest BCUT2D eigenvalue weighted by Crippen LogP contribution is 2.70. The van der Waals surface area contributed by atoms with Gasteiger partial charge in [0.2, 0.25) is 0 Å². The fraction of sp³-hybridized carbons (Fsp3) is 0.192. The highest BCUT2D eigenvalue weighted by Gasteiger charge is 2.61. The van der Waals surface area contributed by atoms with Crippen LogP contribution < -0.4 is 4.90 Å². The molecule has 0 amide bonds. The van der Waals surface area contributed by atoms with Crippen molar-refractivity contribution < 1.29 is 0 Å². The third-order valence-corrected chi connectivity index (χ3v) is 13.9. The minimum atomic E-state index is 0.108. The first kappa shape index (κ1) is 30.6. The lowest BCUT2D eigenvalue weighted by Gasteiger charge is -2.61. The van der Waals surface area contributed by atoms with E-state index in [-0.39, 0.29) is 5.41 Å². The minimum Gasteiger partial charge on any atom is -0.310 e. The molecule has 4 bridgehead atoms. The van der Waals surface area contributed by atoms with Gasteiger partial charge in [-0.05, 0) is 132 Å². The van der Waals surface area contributed by atoms with Crippen molar-refractivity contribution in [2.24, 2.45) is 23.7 Å². The molecule has 2 heteroatoms. The van der Waals surface area contributed by atoms with E-state index in [1.165, 1.54) is 98.9 Å². The smallest absolute Gasteiger partial charge is 0.0561 e. The van der Waals surface area contributed by atoms with Gasteiger partial charge in [0.1, 0.15) is 0 Å². The number of hydrogen-bond donors (Lipinski definition) is 0. The molecule has 0 radical (unpaired) electrons. The van der Waals surface area contributed by atoms with E-state index in [1.807, 2.05) is 0 Å². The molecule has 260 valence electrons. The maximum atomic E-state index is 2.57. The fourth-order valence-corrected chi connectivity index (χ4v) is 12.2. The van der Waals surface area contributed by atoms with E-state index in [4.69, 9.17) is 0 Å². The molecule has 4 saturated carbocycles. The van der Waals surface area contributed by atoms with Crippen LogP contribution in [-0.4, -0.2) is 4.57 Å². The molecular weight excluding hydrogens is 653 g/mol. The fourth-order valence-electron chi connectivity index (χ4n) is 12.2. The van der Waals surface area contributed by atoms with E-state index in [1.54, 1.807) is 11.1 Å². The van der Waals surface area contributed by atoms with Crippen LogP contribution in [0.1, 0.15) is 43.2 Å². The highest BCUT2D eigenvalue weighted by molar-refractivity contribution is 6.10. The van der Waals surface area contributed by atoms with Gasteiger partial charge in [0.25, 0.3) is 0 Å². The Morgan fingerprint density at radius 3 is 1.91 bits per heavy atom. The molecule has 2 nitrogen and oxygen atoms in total. The van der Waals surface area contributed by atoms with Crippen LogP contribution in [0.3, 0.4) is 0 Å². The summed E-state index contributed by atoms with van der Waals surface area (Å²) >= 11 is 0. The number of fused-ring (bicyclic) bond motifs is 6. The average Bonchev–Trinajstić information content (AvgIpc) is 3.71. The van der Waals surface area contributed by atoms with Gasteiger partial charge >= 0.3 is 0 Å². The van der Waals surface area contributed by atoms with Crippen LogP contribution in [0.25, 0.3) is 49.7 Å². The van der Waals surface area contributed by atoms with Crippen LogP contribution in [0.15, 0.2) is 170 Å². The molecule has 4 fully saturated rings. The van der Waals surface area contributed by atoms with Crippen molar-refractivity contribution in [1.82, 2.24) is 4.57 Å². The highest BCUT2D eigenvalue weighted by atomic mass is 15.1. The molecule has 0 unspecified atom stereocenters. The third kappa shape index (κ3) is 4.23. The average molecular weight is 695 g/mol. The van der Waals surface area contributed by atoms with Crippen molar-refractivity contribution in [1.29, 1.82) is 0 Å². The van der Waals surface area contributed by atoms with E-state index < -0.39 is 0 Å². The standard InChI is InChI=1S/C52H42N2/c1-3-13-36(14-4-1)37-15-11-18-41(32-37)53(42-25-26-44-43-19-8-10-23-48(43)54(50(44)33-42)40-16-5-2-6-17-40)49-24-12-22-47-51(49)45-20-7-9-21-46(45)52(47)38-28-34-27-35(30-38)31-39(52)29-34/h1-26,32-35,38-39H,27-31H2. The van der Waals surface area contributed by atoms with Crippen molar-refractivity contribution in [3.63, 3.8) is 0 Å². The van der Waals surface area contributed by atoms with Crippen molar-refractivity contribution >= 4 is 38.9 Å². The van der Waals surface area contributed by atoms with Crippen LogP contribution in [0.2, 0.25) is 0 Å². The second kappa shape index (κ2) is 11.6. The summed E-state index contributed by atoms with van der Waals surface area (Å²) < 4.78 is 2.45. The summed E-state index contributed by atoms with van der Waals surface area (Å²) in [5.74, 6) is 3.27. The number of anilines is 3. The number of aromatic nitrogens is 1. The molecule has 8 aromatic rings. The Balaban J connectivity index is 1.13. The van der Waals surface area contributed by atoms with Gasteiger partial charge in [0.05, 0.1) is 16.7 Å². The van der Waals surface area contributed by atoms with Gasteiger partial charge in [-0.1, -0.05) is 121 Å². The first-order valence-corrected chi connectivity index (χ1v) is 20.0. The first-order valence-electron chi connectivity index (χ1n) is 20.0. The second-order valence-electron chi connectivity index (χ2n) is 16.6. The predicted molar refractivity (Wildman–Crippen MR) is 224 cm³/mol. The lowest BCUT2D eigenvalue weighted by atomic mass is 9.43. The van der Waals surface area contributed by atoms with Gasteiger partial charge in [-0.3, -0.25) is 0 Å². The van der Waals surface area contributed by atoms with Crippen molar-refractivity contribution in [2.45, 2.75) is 37.5 Å². The third-order valence-electron chi connectivity index (χ3n) is 13.9. The largest absolute Gasteiger partial charge is 0.310 e. The monoisotopic (exact) mass is 694 g/mol. The molecule has 5 aliphatic rings. The zero-order chi connectivity index (χ0) is 35.4. The molecular formula is C52H42N2. The van der Waals surface area contributed by atoms with E-state index in [0.717, 1.165) is 23.7 Å². The lowest BCUT2D eigenvalue weighted by molar-refractivity contribution is -0.0399. The Kier molecular flexibility index (Phi) is 6.55. The SMILES string of the molecule is c1ccc(-c2cccc(N(c3ccc4c5ccccc5n(-c5ccccc5)c4c3)c3cccc4c3-c3ccccc3C43C4CC5CC(C4)CC3C5)c2)cc1. The molecule has 13 rings (SSSR count). The summed E-state index contributed by atoms with van der Waals surface area (Å²) in [7, 11) is 0. The molecule has 5 aliphatic carbocycles. The van der Waals surface area contributed by atoms with Gasteiger partial charge in [-0.25, -0.2) is 0 Å².